The number of fused-ring (bicyclic) bond motifs is 2. The first-order chi connectivity index (χ1) is 9.45. The molecule has 3 N–H and O–H groups in total. The minimum Gasteiger partial charge on any atom is -0.480 e. The number of carbonyl (C=O) groups is 1. The first-order valence-electron chi connectivity index (χ1n) is 6.36. The normalized spacial score (nSPS) is 13.2. The molecule has 5 heteroatoms. The van der Waals surface area contributed by atoms with Crippen LogP contribution in [-0.2, 0) is 11.2 Å². The van der Waals surface area contributed by atoms with Crippen molar-refractivity contribution >= 4 is 27.9 Å². The van der Waals surface area contributed by atoms with Crippen LogP contribution in [0.3, 0.4) is 0 Å². The van der Waals surface area contributed by atoms with Crippen LogP contribution >= 0.6 is 0 Å². The molecule has 0 bridgehead atoms. The number of furan rings is 2. The van der Waals surface area contributed by atoms with Crippen molar-refractivity contribution in [3.8, 4) is 0 Å². The van der Waals surface area contributed by atoms with Gasteiger partial charge in [-0.3, -0.25) is 4.79 Å². The number of aryl methyl sites for hydroxylation is 2. The van der Waals surface area contributed by atoms with E-state index in [1.807, 2.05) is 32.0 Å². The molecule has 0 fully saturated rings. The molecule has 3 rings (SSSR count). The fourth-order valence-electron chi connectivity index (χ4n) is 2.53. The molecule has 0 aliphatic heterocycles. The molecule has 1 atom stereocenters. The van der Waals surface area contributed by atoms with Crippen LogP contribution in [-0.4, -0.2) is 17.1 Å². The molecule has 0 amide bonds. The Labute approximate surface area is 115 Å². The fourth-order valence-corrected chi connectivity index (χ4v) is 2.53. The van der Waals surface area contributed by atoms with E-state index >= 15 is 0 Å². The van der Waals surface area contributed by atoms with E-state index < -0.39 is 12.0 Å². The molecular weight excluding hydrogens is 258 g/mol. The van der Waals surface area contributed by atoms with E-state index in [-0.39, 0.29) is 6.42 Å². The van der Waals surface area contributed by atoms with Crippen molar-refractivity contribution in [3.63, 3.8) is 0 Å². The molecule has 0 saturated carbocycles. The summed E-state index contributed by atoms with van der Waals surface area (Å²) in [6.45, 7) is 3.71. The molecule has 0 spiro atoms. The number of benzene rings is 1. The van der Waals surface area contributed by atoms with Crippen LogP contribution in [0.1, 0.15) is 17.1 Å². The Kier molecular flexibility index (Phi) is 2.79. The number of rotatable bonds is 3. The Balaban J connectivity index is 2.28. The predicted octanol–water partition coefficient (Wildman–Crippen LogP) is 2.75. The lowest BCUT2D eigenvalue weighted by Crippen LogP contribution is -2.32. The maximum absolute atomic E-state index is 11.0. The maximum Gasteiger partial charge on any atom is 0.320 e. The van der Waals surface area contributed by atoms with E-state index in [9.17, 15) is 4.79 Å². The smallest absolute Gasteiger partial charge is 0.320 e. The van der Waals surface area contributed by atoms with Crippen LogP contribution in [0.4, 0.5) is 0 Å². The minimum absolute atomic E-state index is 0.203. The van der Waals surface area contributed by atoms with Gasteiger partial charge in [0.25, 0.3) is 0 Å². The largest absolute Gasteiger partial charge is 0.480 e. The zero-order chi connectivity index (χ0) is 14.4. The quantitative estimate of drug-likeness (QED) is 0.765. The van der Waals surface area contributed by atoms with Crippen molar-refractivity contribution in [2.75, 3.05) is 0 Å². The SMILES string of the molecule is Cc1cc2c(CC(N)C(=O)O)c3oc(C)cc3cc2o1. The van der Waals surface area contributed by atoms with Gasteiger partial charge in [0, 0.05) is 22.8 Å². The van der Waals surface area contributed by atoms with Gasteiger partial charge >= 0.3 is 5.97 Å². The lowest BCUT2D eigenvalue weighted by atomic mass is 10.0. The minimum atomic E-state index is -1.03. The summed E-state index contributed by atoms with van der Waals surface area (Å²) in [6.07, 6.45) is 0.203. The van der Waals surface area contributed by atoms with Crippen LogP contribution in [0.5, 0.6) is 0 Å². The zero-order valence-corrected chi connectivity index (χ0v) is 11.3. The molecule has 0 saturated heterocycles. The molecule has 2 heterocycles. The van der Waals surface area contributed by atoms with Gasteiger partial charge in [-0.2, -0.15) is 0 Å². The van der Waals surface area contributed by atoms with Crippen molar-refractivity contribution in [3.05, 3.63) is 35.3 Å². The fraction of sp³-hybridized carbons (Fsp3) is 0.267. The lowest BCUT2D eigenvalue weighted by molar-refractivity contribution is -0.138. The van der Waals surface area contributed by atoms with Crippen molar-refractivity contribution in [2.45, 2.75) is 26.3 Å². The summed E-state index contributed by atoms with van der Waals surface area (Å²) in [6, 6.07) is 4.73. The molecule has 1 aromatic carbocycles. The van der Waals surface area contributed by atoms with Gasteiger partial charge in [0.05, 0.1) is 0 Å². The Hall–Kier alpha value is -2.27. The molecule has 2 aromatic heterocycles. The van der Waals surface area contributed by atoms with Gasteiger partial charge in [0.2, 0.25) is 0 Å². The van der Waals surface area contributed by atoms with E-state index in [1.165, 1.54) is 0 Å². The Morgan fingerprint density at radius 3 is 2.65 bits per heavy atom. The predicted molar refractivity (Wildman–Crippen MR) is 74.8 cm³/mol. The standard InChI is InChI=1S/C15H15NO4/c1-7-3-9-5-13-10(4-8(2)19-13)11(14(9)20-7)6-12(16)15(17)18/h3-5,12H,6,16H2,1-2H3,(H,17,18). The summed E-state index contributed by atoms with van der Waals surface area (Å²) in [4.78, 5) is 11.0. The number of carboxylic acid groups (broad SMARTS) is 1. The highest BCUT2D eigenvalue weighted by Gasteiger charge is 2.20. The summed E-state index contributed by atoms with van der Waals surface area (Å²) in [7, 11) is 0. The molecule has 0 aliphatic rings. The van der Waals surface area contributed by atoms with Crippen molar-refractivity contribution in [1.82, 2.24) is 0 Å². The Morgan fingerprint density at radius 1 is 1.25 bits per heavy atom. The van der Waals surface area contributed by atoms with Crippen molar-refractivity contribution in [2.24, 2.45) is 5.73 Å². The maximum atomic E-state index is 11.0. The van der Waals surface area contributed by atoms with Crippen LogP contribution in [0.2, 0.25) is 0 Å². The second-order valence-corrected chi connectivity index (χ2v) is 5.05. The molecule has 0 radical (unpaired) electrons. The number of hydrogen-bond acceptors (Lipinski definition) is 4. The van der Waals surface area contributed by atoms with Gasteiger partial charge in [-0.1, -0.05) is 0 Å². The summed E-state index contributed by atoms with van der Waals surface area (Å²) >= 11 is 0. The summed E-state index contributed by atoms with van der Waals surface area (Å²) in [5.41, 5.74) is 7.87. The third-order valence-electron chi connectivity index (χ3n) is 3.40. The average Bonchev–Trinajstić information content (AvgIpc) is 2.90. The number of carboxylic acids is 1. The van der Waals surface area contributed by atoms with Gasteiger partial charge < -0.3 is 19.7 Å². The number of hydrogen-bond donors (Lipinski definition) is 2. The van der Waals surface area contributed by atoms with Crippen LogP contribution in [0, 0.1) is 13.8 Å². The van der Waals surface area contributed by atoms with Crippen molar-refractivity contribution < 1.29 is 18.7 Å². The van der Waals surface area contributed by atoms with E-state index in [0.717, 1.165) is 33.4 Å². The molecule has 0 aliphatic carbocycles. The molecule has 3 aromatic rings. The van der Waals surface area contributed by atoms with E-state index in [0.29, 0.717) is 5.58 Å². The summed E-state index contributed by atoms with van der Waals surface area (Å²) < 4.78 is 11.3. The Bertz CT molecular complexity index is 757. The average molecular weight is 273 g/mol. The molecule has 104 valence electrons. The van der Waals surface area contributed by atoms with E-state index in [4.69, 9.17) is 19.7 Å². The monoisotopic (exact) mass is 273 g/mol. The van der Waals surface area contributed by atoms with Gasteiger partial charge in [0.1, 0.15) is 28.7 Å². The molecule has 20 heavy (non-hydrogen) atoms. The highest BCUT2D eigenvalue weighted by molar-refractivity contribution is 5.98. The topological polar surface area (TPSA) is 89.6 Å². The van der Waals surface area contributed by atoms with Crippen LogP contribution < -0.4 is 5.73 Å². The third kappa shape index (κ3) is 1.96. The second-order valence-electron chi connectivity index (χ2n) is 5.05. The molecule has 5 nitrogen and oxygen atoms in total. The summed E-state index contributed by atoms with van der Waals surface area (Å²) in [5, 5.41) is 10.8. The lowest BCUT2D eigenvalue weighted by Gasteiger charge is -2.08. The van der Waals surface area contributed by atoms with Gasteiger partial charge in [-0.05, 0) is 32.0 Å². The van der Waals surface area contributed by atoms with Gasteiger partial charge in [-0.25, -0.2) is 0 Å². The van der Waals surface area contributed by atoms with E-state index in [2.05, 4.69) is 0 Å². The number of aliphatic carboxylic acids is 1. The first-order valence-corrected chi connectivity index (χ1v) is 6.36. The molecule has 1 unspecified atom stereocenters. The summed E-state index contributed by atoms with van der Waals surface area (Å²) in [5.74, 6) is 0.516. The number of nitrogens with two attached hydrogens (primary N) is 1. The molecular formula is C15H15NO4. The van der Waals surface area contributed by atoms with Crippen LogP contribution in [0.15, 0.2) is 27.0 Å². The van der Waals surface area contributed by atoms with Crippen LogP contribution in [0.25, 0.3) is 21.9 Å². The third-order valence-corrected chi connectivity index (χ3v) is 3.40. The second kappa shape index (κ2) is 4.38. The van der Waals surface area contributed by atoms with Gasteiger partial charge in [-0.15, -0.1) is 0 Å². The van der Waals surface area contributed by atoms with Crippen molar-refractivity contribution in [1.29, 1.82) is 0 Å². The Morgan fingerprint density at radius 2 is 1.95 bits per heavy atom. The van der Waals surface area contributed by atoms with E-state index in [1.54, 1.807) is 0 Å². The first kappa shape index (κ1) is 12.7. The van der Waals surface area contributed by atoms with Gasteiger partial charge in [0.15, 0.2) is 0 Å². The zero-order valence-electron chi connectivity index (χ0n) is 11.3. The highest BCUT2D eigenvalue weighted by Crippen LogP contribution is 2.33. The highest BCUT2D eigenvalue weighted by atomic mass is 16.4.